The van der Waals surface area contributed by atoms with Crippen molar-refractivity contribution in [2.45, 2.75) is 10.1 Å². The van der Waals surface area contributed by atoms with Crippen LogP contribution in [0.2, 0.25) is 0 Å². The van der Waals surface area contributed by atoms with Gasteiger partial charge in [-0.1, -0.05) is 30.0 Å². The molecule has 1 N–H and O–H groups in total. The molecule has 0 unspecified atom stereocenters. The second-order valence-electron chi connectivity index (χ2n) is 2.65. The lowest BCUT2D eigenvalue weighted by molar-refractivity contribution is 0.937. The number of rotatable bonds is 2. The predicted octanol–water partition coefficient (Wildman–Crippen LogP) is 1.92. The van der Waals surface area contributed by atoms with Gasteiger partial charge in [-0.15, -0.1) is 0 Å². The molecule has 2 rings (SSSR count). The van der Waals surface area contributed by atoms with E-state index < -0.39 is 0 Å². The van der Waals surface area contributed by atoms with E-state index in [2.05, 4.69) is 9.97 Å². The van der Waals surface area contributed by atoms with Gasteiger partial charge in [0, 0.05) is 17.2 Å². The maximum absolute atomic E-state index is 11.0. The molecule has 3 nitrogen and oxygen atoms in total. The predicted molar refractivity (Wildman–Crippen MR) is 55.4 cm³/mol. The molecule has 70 valence electrons. The van der Waals surface area contributed by atoms with Crippen molar-refractivity contribution < 1.29 is 0 Å². The number of hydrogen-bond acceptors (Lipinski definition) is 3. The van der Waals surface area contributed by atoms with Gasteiger partial charge in [0.15, 0.2) is 5.16 Å². The summed E-state index contributed by atoms with van der Waals surface area (Å²) in [6, 6.07) is 11.2. The number of aromatic nitrogens is 2. The quantitative estimate of drug-likeness (QED) is 0.760. The fourth-order valence-electron chi connectivity index (χ4n) is 1.00. The zero-order chi connectivity index (χ0) is 9.80. The summed E-state index contributed by atoms with van der Waals surface area (Å²) in [7, 11) is 0. The molecular formula is C10H8N2OS. The SMILES string of the molecule is O=c1ccnc(Sc2ccccc2)[nH]1. The van der Waals surface area contributed by atoms with E-state index in [0.717, 1.165) is 4.90 Å². The molecule has 14 heavy (non-hydrogen) atoms. The fourth-order valence-corrected chi connectivity index (χ4v) is 1.79. The summed E-state index contributed by atoms with van der Waals surface area (Å²) in [4.78, 5) is 18.7. The highest BCUT2D eigenvalue weighted by Crippen LogP contribution is 2.22. The third kappa shape index (κ3) is 2.23. The first kappa shape index (κ1) is 9.02. The first-order valence-corrected chi connectivity index (χ1v) is 4.94. The third-order valence-corrected chi connectivity index (χ3v) is 2.51. The molecule has 0 aliphatic rings. The maximum atomic E-state index is 11.0. The molecule has 0 atom stereocenters. The average Bonchev–Trinajstić information content (AvgIpc) is 2.19. The molecule has 1 heterocycles. The molecule has 4 heteroatoms. The van der Waals surface area contributed by atoms with Crippen LogP contribution in [0.25, 0.3) is 0 Å². The fraction of sp³-hybridized carbons (Fsp3) is 0. The molecule has 1 aromatic heterocycles. The van der Waals surface area contributed by atoms with Gasteiger partial charge in [0.05, 0.1) is 0 Å². The number of nitrogens with one attached hydrogen (secondary N) is 1. The highest BCUT2D eigenvalue weighted by atomic mass is 32.2. The molecule has 2 aromatic rings. The Labute approximate surface area is 85.2 Å². The molecule has 1 aromatic carbocycles. The van der Waals surface area contributed by atoms with Crippen LogP contribution in [-0.4, -0.2) is 9.97 Å². The lowest BCUT2D eigenvalue weighted by Gasteiger charge is -1.98. The largest absolute Gasteiger partial charge is 0.301 e. The summed E-state index contributed by atoms with van der Waals surface area (Å²) in [5.74, 6) is 0. The molecule has 0 amide bonds. The van der Waals surface area contributed by atoms with Crippen molar-refractivity contribution in [3.8, 4) is 0 Å². The Hall–Kier alpha value is -1.55. The van der Waals surface area contributed by atoms with E-state index in [1.165, 1.54) is 24.0 Å². The summed E-state index contributed by atoms with van der Waals surface area (Å²) in [6.07, 6.45) is 1.50. The van der Waals surface area contributed by atoms with Crippen LogP contribution in [0.15, 0.2) is 57.4 Å². The van der Waals surface area contributed by atoms with Gasteiger partial charge in [-0.3, -0.25) is 4.79 Å². The second-order valence-corrected chi connectivity index (χ2v) is 3.72. The zero-order valence-electron chi connectivity index (χ0n) is 7.31. The third-order valence-electron chi connectivity index (χ3n) is 1.61. The molecular weight excluding hydrogens is 196 g/mol. The zero-order valence-corrected chi connectivity index (χ0v) is 8.12. The number of nitrogens with zero attached hydrogens (tertiary/aromatic N) is 1. The van der Waals surface area contributed by atoms with Gasteiger partial charge in [0.1, 0.15) is 0 Å². The summed E-state index contributed by atoms with van der Waals surface area (Å²) in [6.45, 7) is 0. The first-order chi connectivity index (χ1) is 6.84. The van der Waals surface area contributed by atoms with Crippen LogP contribution >= 0.6 is 11.8 Å². The summed E-state index contributed by atoms with van der Waals surface area (Å²) < 4.78 is 0. The maximum Gasteiger partial charge on any atom is 0.251 e. The van der Waals surface area contributed by atoms with Crippen molar-refractivity contribution in [3.63, 3.8) is 0 Å². The van der Waals surface area contributed by atoms with Crippen LogP contribution in [0, 0.1) is 0 Å². The summed E-state index contributed by atoms with van der Waals surface area (Å²) in [5.41, 5.74) is -0.126. The standard InChI is InChI=1S/C10H8N2OS/c13-9-6-7-11-10(12-9)14-8-4-2-1-3-5-8/h1-7H,(H,11,12,13). The molecule has 0 spiro atoms. The Morgan fingerprint density at radius 3 is 2.64 bits per heavy atom. The topological polar surface area (TPSA) is 45.8 Å². The van der Waals surface area contributed by atoms with E-state index >= 15 is 0 Å². The number of H-pyrrole nitrogens is 1. The minimum atomic E-state index is -0.126. The molecule has 0 radical (unpaired) electrons. The lowest BCUT2D eigenvalue weighted by atomic mass is 10.4. The highest BCUT2D eigenvalue weighted by Gasteiger charge is 1.97. The average molecular weight is 204 g/mol. The molecule has 0 saturated carbocycles. The van der Waals surface area contributed by atoms with Crippen molar-refractivity contribution in [1.82, 2.24) is 9.97 Å². The minimum absolute atomic E-state index is 0.126. The van der Waals surface area contributed by atoms with E-state index in [9.17, 15) is 4.79 Å². The Balaban J connectivity index is 2.24. The van der Waals surface area contributed by atoms with Gasteiger partial charge < -0.3 is 4.98 Å². The summed E-state index contributed by atoms with van der Waals surface area (Å²) >= 11 is 1.44. The van der Waals surface area contributed by atoms with Crippen molar-refractivity contribution >= 4 is 11.8 Å². The van der Waals surface area contributed by atoms with Crippen LogP contribution in [0.5, 0.6) is 0 Å². The highest BCUT2D eigenvalue weighted by molar-refractivity contribution is 7.99. The van der Waals surface area contributed by atoms with E-state index in [1.807, 2.05) is 30.3 Å². The van der Waals surface area contributed by atoms with E-state index in [-0.39, 0.29) is 5.56 Å². The van der Waals surface area contributed by atoms with Crippen LogP contribution in [0.1, 0.15) is 0 Å². The van der Waals surface area contributed by atoms with Gasteiger partial charge in [-0.25, -0.2) is 4.98 Å². The summed E-state index contributed by atoms with van der Waals surface area (Å²) in [5, 5.41) is 0.615. The van der Waals surface area contributed by atoms with Gasteiger partial charge in [-0.2, -0.15) is 0 Å². The molecule has 0 aliphatic carbocycles. The van der Waals surface area contributed by atoms with Crippen LogP contribution in [0.4, 0.5) is 0 Å². The van der Waals surface area contributed by atoms with Crippen LogP contribution in [-0.2, 0) is 0 Å². The van der Waals surface area contributed by atoms with Crippen LogP contribution < -0.4 is 5.56 Å². The van der Waals surface area contributed by atoms with E-state index in [1.54, 1.807) is 0 Å². The normalized spacial score (nSPS) is 10.0. The van der Waals surface area contributed by atoms with Gasteiger partial charge in [-0.05, 0) is 12.1 Å². The Kier molecular flexibility index (Phi) is 2.65. The number of hydrogen-bond donors (Lipinski definition) is 1. The molecule has 0 saturated heterocycles. The van der Waals surface area contributed by atoms with Gasteiger partial charge in [0.2, 0.25) is 0 Å². The monoisotopic (exact) mass is 204 g/mol. The van der Waals surface area contributed by atoms with Gasteiger partial charge >= 0.3 is 0 Å². The van der Waals surface area contributed by atoms with Crippen LogP contribution in [0.3, 0.4) is 0 Å². The smallest absolute Gasteiger partial charge is 0.251 e. The van der Waals surface area contributed by atoms with Crippen molar-refractivity contribution in [2.24, 2.45) is 0 Å². The lowest BCUT2D eigenvalue weighted by Crippen LogP contribution is -2.04. The van der Waals surface area contributed by atoms with Gasteiger partial charge in [0.25, 0.3) is 5.56 Å². The Bertz CT molecular complexity index is 467. The first-order valence-electron chi connectivity index (χ1n) is 4.13. The molecule has 0 fully saturated rings. The van der Waals surface area contributed by atoms with Crippen molar-refractivity contribution in [2.75, 3.05) is 0 Å². The second kappa shape index (κ2) is 4.11. The van der Waals surface area contributed by atoms with E-state index in [4.69, 9.17) is 0 Å². The van der Waals surface area contributed by atoms with E-state index in [0.29, 0.717) is 5.16 Å². The van der Waals surface area contributed by atoms with Crippen molar-refractivity contribution in [1.29, 1.82) is 0 Å². The molecule has 0 aliphatic heterocycles. The molecule has 0 bridgehead atoms. The Morgan fingerprint density at radius 1 is 1.14 bits per heavy atom. The Morgan fingerprint density at radius 2 is 1.93 bits per heavy atom. The number of benzene rings is 1. The number of aromatic amines is 1. The van der Waals surface area contributed by atoms with Crippen molar-refractivity contribution in [3.05, 3.63) is 52.9 Å². The minimum Gasteiger partial charge on any atom is -0.301 e.